The highest BCUT2D eigenvalue weighted by Gasteiger charge is 2.53. The summed E-state index contributed by atoms with van der Waals surface area (Å²) in [6.45, 7) is 2.97. The Kier molecular flexibility index (Phi) is 1.95. The monoisotopic (exact) mass is 164 g/mol. The van der Waals surface area contributed by atoms with Crippen LogP contribution in [0.2, 0.25) is 0 Å². The number of halogens is 2. The zero-order valence-corrected chi connectivity index (χ0v) is 6.90. The molecule has 1 rings (SSSR count). The molecule has 0 heterocycles. The summed E-state index contributed by atoms with van der Waals surface area (Å²) in [4.78, 5) is 0. The van der Waals surface area contributed by atoms with Gasteiger partial charge < -0.3 is 5.11 Å². The van der Waals surface area contributed by atoms with Gasteiger partial charge >= 0.3 is 0 Å². The van der Waals surface area contributed by atoms with Crippen LogP contribution in [0.15, 0.2) is 0 Å². The van der Waals surface area contributed by atoms with Crippen molar-refractivity contribution < 1.29 is 13.9 Å². The summed E-state index contributed by atoms with van der Waals surface area (Å²) in [6.07, 6.45) is -0.792. The van der Waals surface area contributed by atoms with E-state index < -0.39 is 17.4 Å². The number of hydrogen-bond acceptors (Lipinski definition) is 1. The standard InChI is InChI=1S/C8H14F2O/c1-7(6(9)10)4-3-5-8(7,2)11/h6,11H,3-5H2,1-2H3. The van der Waals surface area contributed by atoms with Crippen molar-refractivity contribution in [2.24, 2.45) is 5.41 Å². The summed E-state index contributed by atoms with van der Waals surface area (Å²) < 4.78 is 24.9. The van der Waals surface area contributed by atoms with Crippen LogP contribution in [0.1, 0.15) is 33.1 Å². The van der Waals surface area contributed by atoms with E-state index in [4.69, 9.17) is 0 Å². The Morgan fingerprint density at radius 3 is 2.00 bits per heavy atom. The van der Waals surface area contributed by atoms with Gasteiger partial charge in [-0.05, 0) is 26.2 Å². The number of aliphatic hydroxyl groups is 1. The third-order valence-electron chi connectivity index (χ3n) is 3.07. The highest BCUT2D eigenvalue weighted by atomic mass is 19.3. The maximum Gasteiger partial charge on any atom is 0.246 e. The molecular weight excluding hydrogens is 150 g/mol. The zero-order valence-electron chi connectivity index (χ0n) is 6.90. The molecule has 1 nitrogen and oxygen atoms in total. The molecule has 0 aromatic heterocycles. The van der Waals surface area contributed by atoms with E-state index in [9.17, 15) is 13.9 Å². The van der Waals surface area contributed by atoms with Crippen LogP contribution < -0.4 is 0 Å². The van der Waals surface area contributed by atoms with Crippen molar-refractivity contribution >= 4 is 0 Å². The Bertz CT molecular complexity index is 156. The van der Waals surface area contributed by atoms with Crippen LogP contribution in [0.5, 0.6) is 0 Å². The lowest BCUT2D eigenvalue weighted by molar-refractivity contribution is -0.118. The Hall–Kier alpha value is -0.180. The molecule has 1 fully saturated rings. The average molecular weight is 164 g/mol. The van der Waals surface area contributed by atoms with Crippen LogP contribution in [-0.2, 0) is 0 Å². The molecule has 0 saturated heterocycles. The number of alkyl halides is 2. The highest BCUT2D eigenvalue weighted by Crippen LogP contribution is 2.49. The normalized spacial score (nSPS) is 45.3. The fourth-order valence-electron chi connectivity index (χ4n) is 1.70. The van der Waals surface area contributed by atoms with E-state index in [-0.39, 0.29) is 0 Å². The van der Waals surface area contributed by atoms with Crippen molar-refractivity contribution in [3.63, 3.8) is 0 Å². The zero-order chi connectivity index (χ0) is 8.70. The largest absolute Gasteiger partial charge is 0.389 e. The van der Waals surface area contributed by atoms with E-state index in [2.05, 4.69) is 0 Å². The molecule has 2 atom stereocenters. The SMILES string of the molecule is CC1(O)CCCC1(C)C(F)F. The van der Waals surface area contributed by atoms with Gasteiger partial charge in [-0.25, -0.2) is 8.78 Å². The van der Waals surface area contributed by atoms with Gasteiger partial charge in [-0.2, -0.15) is 0 Å². The fraction of sp³-hybridized carbons (Fsp3) is 1.00. The quantitative estimate of drug-likeness (QED) is 0.629. The molecule has 1 aliphatic carbocycles. The second-order valence-electron chi connectivity index (χ2n) is 3.85. The minimum Gasteiger partial charge on any atom is -0.389 e. The summed E-state index contributed by atoms with van der Waals surface area (Å²) >= 11 is 0. The van der Waals surface area contributed by atoms with Gasteiger partial charge in [0.25, 0.3) is 0 Å². The molecule has 1 aliphatic rings. The lowest BCUT2D eigenvalue weighted by atomic mass is 9.77. The van der Waals surface area contributed by atoms with Crippen molar-refractivity contribution in [2.75, 3.05) is 0 Å². The summed E-state index contributed by atoms with van der Waals surface area (Å²) in [5, 5.41) is 9.60. The molecule has 0 bridgehead atoms. The predicted molar refractivity (Wildman–Crippen MR) is 38.6 cm³/mol. The Labute approximate surface area is 65.4 Å². The van der Waals surface area contributed by atoms with E-state index in [1.807, 2.05) is 0 Å². The molecule has 3 heteroatoms. The van der Waals surface area contributed by atoms with E-state index in [0.717, 1.165) is 0 Å². The number of hydrogen-bond donors (Lipinski definition) is 1. The van der Waals surface area contributed by atoms with E-state index in [1.165, 1.54) is 13.8 Å². The van der Waals surface area contributed by atoms with Crippen LogP contribution in [0, 0.1) is 5.41 Å². The van der Waals surface area contributed by atoms with Crippen molar-refractivity contribution in [3.8, 4) is 0 Å². The fourth-order valence-corrected chi connectivity index (χ4v) is 1.70. The molecule has 0 aromatic carbocycles. The van der Waals surface area contributed by atoms with Gasteiger partial charge in [0.2, 0.25) is 6.43 Å². The molecular formula is C8H14F2O. The molecule has 0 radical (unpaired) electrons. The molecule has 1 saturated carbocycles. The molecule has 0 aliphatic heterocycles. The summed E-state index contributed by atoms with van der Waals surface area (Å²) in [5.41, 5.74) is -2.37. The van der Waals surface area contributed by atoms with Gasteiger partial charge in [0, 0.05) is 0 Å². The van der Waals surface area contributed by atoms with Gasteiger partial charge in [0.15, 0.2) is 0 Å². The molecule has 66 valence electrons. The van der Waals surface area contributed by atoms with Gasteiger partial charge in [-0.1, -0.05) is 6.92 Å². The lowest BCUT2D eigenvalue weighted by Gasteiger charge is -2.35. The molecule has 0 spiro atoms. The summed E-state index contributed by atoms with van der Waals surface area (Å²) in [7, 11) is 0. The van der Waals surface area contributed by atoms with Gasteiger partial charge in [0.05, 0.1) is 11.0 Å². The third kappa shape index (κ3) is 1.15. The summed E-state index contributed by atoms with van der Waals surface area (Å²) in [6, 6.07) is 0. The van der Waals surface area contributed by atoms with Crippen LogP contribution in [0.3, 0.4) is 0 Å². The third-order valence-corrected chi connectivity index (χ3v) is 3.07. The van der Waals surface area contributed by atoms with Crippen molar-refractivity contribution in [2.45, 2.75) is 45.1 Å². The highest BCUT2D eigenvalue weighted by molar-refractivity contribution is 4.99. The number of rotatable bonds is 1. The first-order valence-corrected chi connectivity index (χ1v) is 3.91. The molecule has 1 N–H and O–H groups in total. The minimum absolute atomic E-state index is 0.428. The van der Waals surface area contributed by atoms with Gasteiger partial charge in [-0.15, -0.1) is 0 Å². The molecule has 2 unspecified atom stereocenters. The maximum absolute atomic E-state index is 12.5. The Morgan fingerprint density at radius 1 is 1.27 bits per heavy atom. The summed E-state index contributed by atoms with van der Waals surface area (Å²) in [5.74, 6) is 0. The van der Waals surface area contributed by atoms with Crippen molar-refractivity contribution in [1.29, 1.82) is 0 Å². The smallest absolute Gasteiger partial charge is 0.246 e. The minimum atomic E-state index is -2.42. The van der Waals surface area contributed by atoms with E-state index in [1.54, 1.807) is 0 Å². The molecule has 11 heavy (non-hydrogen) atoms. The predicted octanol–water partition coefficient (Wildman–Crippen LogP) is 2.19. The molecule has 0 amide bonds. The van der Waals surface area contributed by atoms with Crippen LogP contribution in [0.25, 0.3) is 0 Å². The van der Waals surface area contributed by atoms with E-state index in [0.29, 0.717) is 19.3 Å². The van der Waals surface area contributed by atoms with Crippen molar-refractivity contribution in [3.05, 3.63) is 0 Å². The van der Waals surface area contributed by atoms with Crippen LogP contribution in [0.4, 0.5) is 8.78 Å². The maximum atomic E-state index is 12.5. The van der Waals surface area contributed by atoms with E-state index >= 15 is 0 Å². The first-order valence-electron chi connectivity index (χ1n) is 3.91. The van der Waals surface area contributed by atoms with Crippen LogP contribution >= 0.6 is 0 Å². The average Bonchev–Trinajstić information content (AvgIpc) is 2.09. The first kappa shape index (κ1) is 8.91. The second-order valence-corrected chi connectivity index (χ2v) is 3.85. The van der Waals surface area contributed by atoms with Crippen molar-refractivity contribution in [1.82, 2.24) is 0 Å². The second kappa shape index (κ2) is 2.41. The first-order chi connectivity index (χ1) is 4.90. The van der Waals surface area contributed by atoms with Crippen LogP contribution in [-0.4, -0.2) is 17.1 Å². The Morgan fingerprint density at radius 2 is 1.82 bits per heavy atom. The lowest BCUT2D eigenvalue weighted by Crippen LogP contribution is -2.44. The topological polar surface area (TPSA) is 20.2 Å². The Balaban J connectivity index is 2.84. The molecule has 0 aromatic rings. The van der Waals surface area contributed by atoms with Gasteiger partial charge in [0.1, 0.15) is 0 Å². The van der Waals surface area contributed by atoms with Gasteiger partial charge in [-0.3, -0.25) is 0 Å².